The summed E-state index contributed by atoms with van der Waals surface area (Å²) >= 11 is 0. The summed E-state index contributed by atoms with van der Waals surface area (Å²) in [6.45, 7) is -4.57. The number of hydrogen-bond donors (Lipinski definition) is 1. The van der Waals surface area contributed by atoms with Gasteiger partial charge in [0.1, 0.15) is 0 Å². The molecular formula is C8H11N. The molecule has 1 nitrogen and oxygen atoms in total. The zero-order valence-corrected chi connectivity index (χ0v) is 4.81. The average Bonchev–Trinajstić information content (AvgIpc) is 1.99. The summed E-state index contributed by atoms with van der Waals surface area (Å²) in [7, 11) is 0. The van der Waals surface area contributed by atoms with Gasteiger partial charge in [0.25, 0.3) is 0 Å². The van der Waals surface area contributed by atoms with E-state index in [1.54, 1.807) is 0 Å². The van der Waals surface area contributed by atoms with E-state index in [1.165, 1.54) is 18.2 Å². The number of rotatable bonds is 0. The van der Waals surface area contributed by atoms with Crippen LogP contribution in [0.5, 0.6) is 0 Å². The van der Waals surface area contributed by atoms with Crippen LogP contribution in [0.2, 0.25) is 0 Å². The number of benzene rings is 1. The Labute approximate surface area is 63.9 Å². The monoisotopic (exact) mass is 127 g/mol. The molecule has 0 saturated heterocycles. The van der Waals surface area contributed by atoms with E-state index in [4.69, 9.17) is 14.0 Å². The highest BCUT2D eigenvalue weighted by molar-refractivity contribution is 5.47. The van der Waals surface area contributed by atoms with Crippen LogP contribution in [0.1, 0.15) is 19.4 Å². The maximum absolute atomic E-state index is 7.15. The molecule has 0 radical (unpaired) electrons. The molecule has 0 aliphatic heterocycles. The van der Waals surface area contributed by atoms with Crippen LogP contribution in [0.3, 0.4) is 0 Å². The molecule has 0 heterocycles. The smallest absolute Gasteiger partial charge is 0.0346 e. The highest BCUT2D eigenvalue weighted by Crippen LogP contribution is 2.10. The molecule has 2 N–H and O–H groups in total. The van der Waals surface area contributed by atoms with Crippen LogP contribution in [0, 0.1) is 13.7 Å². The quantitative estimate of drug-likeness (QED) is 0.529. The first-order chi connectivity index (χ1) is 6.62. The van der Waals surface area contributed by atoms with E-state index in [0.29, 0.717) is 0 Å². The van der Waals surface area contributed by atoms with Crippen LogP contribution in [-0.4, -0.2) is 0 Å². The zero-order chi connectivity index (χ0) is 11.9. The highest BCUT2D eigenvalue weighted by atomic mass is 14.5. The summed E-state index contributed by atoms with van der Waals surface area (Å²) in [6, 6.07) is 3.70. The standard InChI is InChI=1S/C8H11N/c1-6-3-4-7(2)8(9)5-6/h3-5H,9H2,1-2H3/i1D3,2D3. The van der Waals surface area contributed by atoms with Gasteiger partial charge >= 0.3 is 0 Å². The van der Waals surface area contributed by atoms with Crippen LogP contribution in [0.15, 0.2) is 18.2 Å². The van der Waals surface area contributed by atoms with Crippen LogP contribution in [0.25, 0.3) is 0 Å². The number of nitrogens with two attached hydrogens (primary N) is 1. The maximum atomic E-state index is 7.15. The van der Waals surface area contributed by atoms with Crippen molar-refractivity contribution < 1.29 is 8.22 Å². The van der Waals surface area contributed by atoms with Crippen molar-refractivity contribution >= 4 is 5.69 Å². The van der Waals surface area contributed by atoms with Crippen LogP contribution in [0.4, 0.5) is 5.69 Å². The largest absolute Gasteiger partial charge is 0.399 e. The summed E-state index contributed by atoms with van der Waals surface area (Å²) < 4.78 is 42.9. The number of hydrogen-bond acceptors (Lipinski definition) is 1. The maximum Gasteiger partial charge on any atom is 0.0346 e. The minimum atomic E-state index is -2.31. The van der Waals surface area contributed by atoms with Gasteiger partial charge in [0, 0.05) is 13.9 Å². The third-order valence-corrected chi connectivity index (χ3v) is 1.05. The average molecular weight is 127 g/mol. The molecule has 0 aliphatic rings. The second-order valence-electron chi connectivity index (χ2n) is 1.80. The molecule has 9 heavy (non-hydrogen) atoms. The Balaban J connectivity index is 3.21. The van der Waals surface area contributed by atoms with Gasteiger partial charge in [-0.1, -0.05) is 12.1 Å². The van der Waals surface area contributed by atoms with Gasteiger partial charge in [0.2, 0.25) is 0 Å². The summed E-state index contributed by atoms with van der Waals surface area (Å²) in [5.74, 6) is 0. The normalized spacial score (nSPS) is 22.2. The Morgan fingerprint density at radius 1 is 1.44 bits per heavy atom. The fraction of sp³-hybridized carbons (Fsp3) is 0.250. The summed E-state index contributed by atoms with van der Waals surface area (Å²) in [5, 5.41) is 0. The third kappa shape index (κ3) is 1.22. The molecule has 1 aromatic rings. The Kier molecular flexibility index (Phi) is 0.468. The van der Waals surface area contributed by atoms with E-state index in [2.05, 4.69) is 0 Å². The molecule has 0 fully saturated rings. The molecule has 1 rings (SSSR count). The lowest BCUT2D eigenvalue weighted by atomic mass is 10.1. The van der Waals surface area contributed by atoms with Crippen molar-refractivity contribution in [3.8, 4) is 0 Å². The fourth-order valence-corrected chi connectivity index (χ4v) is 0.563. The van der Waals surface area contributed by atoms with Gasteiger partial charge in [-0.2, -0.15) is 0 Å². The van der Waals surface area contributed by atoms with E-state index < -0.39 is 13.7 Å². The van der Waals surface area contributed by atoms with E-state index >= 15 is 0 Å². The number of aryl methyl sites for hydroxylation is 2. The van der Waals surface area contributed by atoms with E-state index in [0.717, 1.165) is 0 Å². The van der Waals surface area contributed by atoms with Gasteiger partial charge in [0.05, 0.1) is 0 Å². The lowest BCUT2D eigenvalue weighted by Crippen LogP contribution is -1.88. The Hall–Kier alpha value is -0.980. The second kappa shape index (κ2) is 2.09. The Morgan fingerprint density at radius 2 is 2.33 bits per heavy atom. The minimum Gasteiger partial charge on any atom is -0.399 e. The van der Waals surface area contributed by atoms with E-state index in [-0.39, 0.29) is 16.8 Å². The molecule has 0 bridgehead atoms. The second-order valence-corrected chi connectivity index (χ2v) is 1.80. The molecule has 1 aromatic carbocycles. The predicted octanol–water partition coefficient (Wildman–Crippen LogP) is 1.89. The Morgan fingerprint density at radius 3 is 2.89 bits per heavy atom. The van der Waals surface area contributed by atoms with Gasteiger partial charge in [-0.05, 0) is 30.9 Å². The van der Waals surface area contributed by atoms with Crippen molar-refractivity contribution in [1.29, 1.82) is 0 Å². The van der Waals surface area contributed by atoms with Crippen molar-refractivity contribution in [3.63, 3.8) is 0 Å². The van der Waals surface area contributed by atoms with E-state index in [9.17, 15) is 0 Å². The topological polar surface area (TPSA) is 26.0 Å². The summed E-state index contributed by atoms with van der Waals surface area (Å²) in [6.07, 6.45) is 0. The van der Waals surface area contributed by atoms with Gasteiger partial charge in [-0.25, -0.2) is 0 Å². The van der Waals surface area contributed by atoms with Crippen molar-refractivity contribution in [2.45, 2.75) is 13.7 Å². The lowest BCUT2D eigenvalue weighted by molar-refractivity contribution is 1.40. The van der Waals surface area contributed by atoms with Crippen molar-refractivity contribution in [1.82, 2.24) is 0 Å². The SMILES string of the molecule is [2H]C([2H])([2H])c1ccc(C([2H])([2H])[2H])c(N)c1. The summed E-state index contributed by atoms with van der Waals surface area (Å²) in [4.78, 5) is 0. The molecule has 0 spiro atoms. The minimum absolute atomic E-state index is 0.0105. The van der Waals surface area contributed by atoms with Gasteiger partial charge in [0.15, 0.2) is 0 Å². The molecule has 1 heteroatoms. The van der Waals surface area contributed by atoms with Crippen LogP contribution < -0.4 is 5.73 Å². The molecule has 0 unspecified atom stereocenters. The molecule has 0 amide bonds. The first-order valence-electron chi connectivity index (χ1n) is 5.53. The number of anilines is 1. The molecular weight excluding hydrogens is 110 g/mol. The predicted molar refractivity (Wildman–Crippen MR) is 40.3 cm³/mol. The molecule has 0 saturated carbocycles. The molecule has 0 atom stereocenters. The first kappa shape index (κ1) is 2.01. The Bertz CT molecular complexity index is 364. The zero-order valence-electron chi connectivity index (χ0n) is 10.8. The number of nitrogen functional groups attached to an aromatic ring is 1. The summed E-state index contributed by atoms with van der Waals surface area (Å²) in [5.41, 5.74) is 5.51. The van der Waals surface area contributed by atoms with Crippen molar-refractivity contribution in [2.24, 2.45) is 0 Å². The highest BCUT2D eigenvalue weighted by Gasteiger charge is 1.89. The van der Waals surface area contributed by atoms with Gasteiger partial charge in [-0.15, -0.1) is 0 Å². The van der Waals surface area contributed by atoms with Gasteiger partial charge < -0.3 is 5.73 Å². The van der Waals surface area contributed by atoms with E-state index in [1.807, 2.05) is 0 Å². The molecule has 48 valence electrons. The van der Waals surface area contributed by atoms with Crippen LogP contribution >= 0.6 is 0 Å². The molecule has 0 aromatic heterocycles. The molecule has 0 aliphatic carbocycles. The third-order valence-electron chi connectivity index (χ3n) is 1.05. The van der Waals surface area contributed by atoms with Crippen molar-refractivity contribution in [3.05, 3.63) is 29.3 Å². The lowest BCUT2D eigenvalue weighted by Gasteiger charge is -1.98. The van der Waals surface area contributed by atoms with Crippen molar-refractivity contribution in [2.75, 3.05) is 5.73 Å². The fourth-order valence-electron chi connectivity index (χ4n) is 0.563. The first-order valence-corrected chi connectivity index (χ1v) is 2.53. The van der Waals surface area contributed by atoms with Crippen LogP contribution in [-0.2, 0) is 0 Å². The van der Waals surface area contributed by atoms with Gasteiger partial charge in [-0.3, -0.25) is 0 Å².